The first-order valence-corrected chi connectivity index (χ1v) is 5.40. The van der Waals surface area contributed by atoms with Gasteiger partial charge in [0.05, 0.1) is 0 Å². The van der Waals surface area contributed by atoms with Crippen LogP contribution in [-0.4, -0.2) is 4.98 Å². The van der Waals surface area contributed by atoms with E-state index in [1.807, 2.05) is 0 Å². The molecule has 0 unspecified atom stereocenters. The van der Waals surface area contributed by atoms with Gasteiger partial charge in [-0.25, -0.2) is 0 Å². The van der Waals surface area contributed by atoms with E-state index in [1.54, 1.807) is 0 Å². The lowest BCUT2D eigenvalue weighted by Gasteiger charge is -1.99. The molecule has 0 aliphatic rings. The van der Waals surface area contributed by atoms with Crippen molar-refractivity contribution in [1.29, 1.82) is 0 Å². The van der Waals surface area contributed by atoms with Crippen LogP contribution in [0.2, 0.25) is 0 Å². The van der Waals surface area contributed by atoms with Gasteiger partial charge in [0.15, 0.2) is 0 Å². The van der Waals surface area contributed by atoms with Crippen molar-refractivity contribution in [1.82, 2.24) is 4.98 Å². The molecule has 14 heavy (non-hydrogen) atoms. The van der Waals surface area contributed by atoms with Crippen molar-refractivity contribution >= 4 is 26.8 Å². The molecule has 0 saturated carbocycles. The molecule has 2 aromatic rings. The van der Waals surface area contributed by atoms with Gasteiger partial charge in [-0.15, -0.1) is 0 Å². The molecule has 0 aliphatic heterocycles. The molecule has 0 radical (unpaired) electrons. The summed E-state index contributed by atoms with van der Waals surface area (Å²) in [4.78, 5) is 3.37. The summed E-state index contributed by atoms with van der Waals surface area (Å²) in [6.45, 7) is 4.75. The highest BCUT2D eigenvalue weighted by atomic mass is 79.9. The molecule has 2 rings (SSSR count). The van der Waals surface area contributed by atoms with Gasteiger partial charge in [-0.05, 0) is 37.1 Å². The number of halogens is 1. The van der Waals surface area contributed by atoms with E-state index in [1.165, 1.54) is 27.7 Å². The summed E-state index contributed by atoms with van der Waals surface area (Å²) in [5.41, 5.74) is 10.6. The molecule has 0 amide bonds. The number of nitrogens with two attached hydrogens (primary N) is 1. The Bertz CT molecular complexity index is 485. The van der Waals surface area contributed by atoms with Crippen molar-refractivity contribution in [2.75, 3.05) is 0 Å². The standard InChI is InChI=1S/C11H13BrN2/c1-6-3-8(12)4-9-10(5-13)7(2)14-11(6)9/h3-4,14H,5,13H2,1-2H3. The molecule has 0 aliphatic carbocycles. The summed E-state index contributed by atoms with van der Waals surface area (Å²) in [6.07, 6.45) is 0. The molecule has 3 heteroatoms. The maximum absolute atomic E-state index is 5.73. The summed E-state index contributed by atoms with van der Waals surface area (Å²) < 4.78 is 1.11. The van der Waals surface area contributed by atoms with Crippen LogP contribution < -0.4 is 5.73 Å². The van der Waals surface area contributed by atoms with E-state index in [0.29, 0.717) is 6.54 Å². The fourth-order valence-corrected chi connectivity index (χ4v) is 2.45. The SMILES string of the molecule is Cc1[nH]c2c(C)cc(Br)cc2c1CN. The first kappa shape index (κ1) is 9.74. The van der Waals surface area contributed by atoms with Crippen LogP contribution in [0.15, 0.2) is 16.6 Å². The van der Waals surface area contributed by atoms with Crippen LogP contribution in [0.5, 0.6) is 0 Å². The van der Waals surface area contributed by atoms with Crippen LogP contribution in [-0.2, 0) is 6.54 Å². The number of H-pyrrole nitrogens is 1. The fourth-order valence-electron chi connectivity index (χ4n) is 1.88. The van der Waals surface area contributed by atoms with E-state index in [9.17, 15) is 0 Å². The zero-order chi connectivity index (χ0) is 10.3. The largest absolute Gasteiger partial charge is 0.358 e. The van der Waals surface area contributed by atoms with Gasteiger partial charge in [-0.1, -0.05) is 15.9 Å². The highest BCUT2D eigenvalue weighted by molar-refractivity contribution is 9.10. The molecule has 1 aromatic heterocycles. The summed E-state index contributed by atoms with van der Waals surface area (Å²) in [5, 5.41) is 1.23. The summed E-state index contributed by atoms with van der Waals surface area (Å²) in [7, 11) is 0. The number of benzene rings is 1. The van der Waals surface area contributed by atoms with Crippen LogP contribution in [0.4, 0.5) is 0 Å². The number of fused-ring (bicyclic) bond motifs is 1. The van der Waals surface area contributed by atoms with Crippen LogP contribution in [0.3, 0.4) is 0 Å². The number of aromatic nitrogens is 1. The lowest BCUT2D eigenvalue weighted by molar-refractivity contribution is 1.05. The average molecular weight is 253 g/mol. The number of nitrogens with one attached hydrogen (secondary N) is 1. The smallest absolute Gasteiger partial charge is 0.0489 e. The number of aromatic amines is 1. The predicted molar refractivity (Wildman–Crippen MR) is 63.4 cm³/mol. The minimum absolute atomic E-state index is 0.585. The number of hydrogen-bond donors (Lipinski definition) is 2. The molecule has 1 aromatic carbocycles. The maximum atomic E-state index is 5.73. The lowest BCUT2D eigenvalue weighted by Crippen LogP contribution is -1.96. The van der Waals surface area contributed by atoms with Gasteiger partial charge in [-0.2, -0.15) is 0 Å². The molecule has 0 bridgehead atoms. The number of hydrogen-bond acceptors (Lipinski definition) is 1. The Morgan fingerprint density at radius 2 is 2.07 bits per heavy atom. The zero-order valence-corrected chi connectivity index (χ0v) is 9.90. The third-order valence-corrected chi connectivity index (χ3v) is 3.05. The van der Waals surface area contributed by atoms with Gasteiger partial charge in [0.1, 0.15) is 0 Å². The molecular formula is C11H13BrN2. The van der Waals surface area contributed by atoms with E-state index in [4.69, 9.17) is 5.73 Å². The van der Waals surface area contributed by atoms with Gasteiger partial charge in [0, 0.05) is 27.6 Å². The van der Waals surface area contributed by atoms with Crippen molar-refractivity contribution in [3.63, 3.8) is 0 Å². The zero-order valence-electron chi connectivity index (χ0n) is 8.32. The Balaban J connectivity index is 2.87. The quantitative estimate of drug-likeness (QED) is 0.805. The number of rotatable bonds is 1. The first-order chi connectivity index (χ1) is 6.63. The highest BCUT2D eigenvalue weighted by Gasteiger charge is 2.09. The van der Waals surface area contributed by atoms with Crippen molar-refractivity contribution in [2.24, 2.45) is 5.73 Å². The van der Waals surface area contributed by atoms with Gasteiger partial charge >= 0.3 is 0 Å². The van der Waals surface area contributed by atoms with Crippen molar-refractivity contribution in [2.45, 2.75) is 20.4 Å². The second kappa shape index (κ2) is 3.41. The van der Waals surface area contributed by atoms with Crippen molar-refractivity contribution in [3.05, 3.63) is 33.4 Å². The van der Waals surface area contributed by atoms with Gasteiger partial charge < -0.3 is 10.7 Å². The molecule has 0 fully saturated rings. The summed E-state index contributed by atoms with van der Waals surface area (Å²) >= 11 is 3.50. The predicted octanol–water partition coefficient (Wildman–Crippen LogP) is 3.01. The van der Waals surface area contributed by atoms with Gasteiger partial charge in [0.2, 0.25) is 0 Å². The third-order valence-electron chi connectivity index (χ3n) is 2.59. The third kappa shape index (κ3) is 1.37. The maximum Gasteiger partial charge on any atom is 0.0489 e. The van der Waals surface area contributed by atoms with Gasteiger partial charge in [0.25, 0.3) is 0 Å². The normalized spacial score (nSPS) is 11.1. The second-order valence-corrected chi connectivity index (χ2v) is 4.49. The molecule has 0 spiro atoms. The molecular weight excluding hydrogens is 240 g/mol. The minimum atomic E-state index is 0.585. The van der Waals surface area contributed by atoms with Crippen LogP contribution in [0, 0.1) is 13.8 Å². The fraction of sp³-hybridized carbons (Fsp3) is 0.273. The Morgan fingerprint density at radius 1 is 1.36 bits per heavy atom. The first-order valence-electron chi connectivity index (χ1n) is 4.61. The Labute approximate surface area is 91.6 Å². The summed E-state index contributed by atoms with van der Waals surface area (Å²) in [6, 6.07) is 4.23. The molecule has 2 nitrogen and oxygen atoms in total. The molecule has 74 valence electrons. The minimum Gasteiger partial charge on any atom is -0.358 e. The van der Waals surface area contributed by atoms with Crippen LogP contribution in [0.25, 0.3) is 10.9 Å². The Morgan fingerprint density at radius 3 is 2.71 bits per heavy atom. The topological polar surface area (TPSA) is 41.8 Å². The lowest BCUT2D eigenvalue weighted by atomic mass is 10.1. The van der Waals surface area contributed by atoms with Crippen LogP contribution in [0.1, 0.15) is 16.8 Å². The van der Waals surface area contributed by atoms with E-state index >= 15 is 0 Å². The Hall–Kier alpha value is -0.800. The molecule has 0 saturated heterocycles. The van der Waals surface area contributed by atoms with Crippen molar-refractivity contribution in [3.8, 4) is 0 Å². The van der Waals surface area contributed by atoms with E-state index in [2.05, 4.69) is 46.9 Å². The molecule has 1 heterocycles. The monoisotopic (exact) mass is 252 g/mol. The second-order valence-electron chi connectivity index (χ2n) is 3.58. The van der Waals surface area contributed by atoms with E-state index in [-0.39, 0.29) is 0 Å². The highest BCUT2D eigenvalue weighted by Crippen LogP contribution is 2.28. The van der Waals surface area contributed by atoms with E-state index in [0.717, 1.165) is 4.47 Å². The van der Waals surface area contributed by atoms with E-state index < -0.39 is 0 Å². The van der Waals surface area contributed by atoms with Gasteiger partial charge in [-0.3, -0.25) is 0 Å². The van der Waals surface area contributed by atoms with Crippen LogP contribution >= 0.6 is 15.9 Å². The van der Waals surface area contributed by atoms with Crippen molar-refractivity contribution < 1.29 is 0 Å². The Kier molecular flexibility index (Phi) is 2.37. The molecule has 0 atom stereocenters. The number of aryl methyl sites for hydroxylation is 2. The average Bonchev–Trinajstić information content (AvgIpc) is 2.41. The summed E-state index contributed by atoms with van der Waals surface area (Å²) in [5.74, 6) is 0. The molecule has 3 N–H and O–H groups in total.